The normalized spacial score (nSPS) is 20.8. The van der Waals surface area contributed by atoms with Gasteiger partial charge in [-0.1, -0.05) is 35.3 Å². The number of hydrogen-bond donors (Lipinski definition) is 0. The van der Waals surface area contributed by atoms with E-state index in [-0.39, 0.29) is 37.8 Å². The number of thiophene rings is 1. The van der Waals surface area contributed by atoms with Crippen molar-refractivity contribution in [2.75, 3.05) is 39.3 Å². The first-order chi connectivity index (χ1) is 19.9. The number of rotatable bonds is 6. The summed E-state index contributed by atoms with van der Waals surface area (Å²) < 4.78 is 39.1. The minimum absolute atomic E-state index is 0.0608. The van der Waals surface area contributed by atoms with Gasteiger partial charge < -0.3 is 14.4 Å². The minimum atomic E-state index is -4.36. The zero-order valence-electron chi connectivity index (χ0n) is 22.3. The molecule has 0 bridgehead atoms. The summed E-state index contributed by atoms with van der Waals surface area (Å²) in [5.41, 5.74) is -0.698. The Labute approximate surface area is 255 Å². The molecule has 3 heterocycles. The van der Waals surface area contributed by atoms with Crippen molar-refractivity contribution in [3.63, 3.8) is 0 Å². The summed E-state index contributed by atoms with van der Waals surface area (Å²) in [5, 5.41) is 11.0. The van der Waals surface area contributed by atoms with Crippen molar-refractivity contribution in [3.8, 4) is 11.8 Å². The third kappa shape index (κ3) is 4.50. The summed E-state index contributed by atoms with van der Waals surface area (Å²) in [7, 11) is -0.533. The van der Waals surface area contributed by atoms with Crippen LogP contribution in [0.2, 0.25) is 10.0 Å². The molecule has 2 aromatic carbocycles. The zero-order chi connectivity index (χ0) is 30.6. The minimum Gasteiger partial charge on any atom is -0.494 e. The van der Waals surface area contributed by atoms with E-state index in [4.69, 9.17) is 32.7 Å². The van der Waals surface area contributed by atoms with E-state index in [0.717, 1.165) is 27.7 Å². The van der Waals surface area contributed by atoms with Crippen molar-refractivity contribution in [3.05, 3.63) is 74.6 Å². The van der Waals surface area contributed by atoms with E-state index in [9.17, 15) is 28.1 Å². The summed E-state index contributed by atoms with van der Waals surface area (Å²) in [6.45, 7) is -0.600. The molecule has 0 N–H and O–H groups in total. The molecule has 2 aliphatic heterocycles. The second-order valence-electron chi connectivity index (χ2n) is 9.58. The number of anilines is 1. The topological polar surface area (TPSA) is 137 Å². The van der Waals surface area contributed by atoms with Crippen LogP contribution in [0.3, 0.4) is 0 Å². The number of halogens is 2. The Bertz CT molecular complexity index is 1750. The van der Waals surface area contributed by atoms with Gasteiger partial charge in [0.25, 0.3) is 15.9 Å². The number of sulfonamides is 1. The number of esters is 1. The zero-order valence-corrected chi connectivity index (χ0v) is 25.5. The first-order valence-corrected chi connectivity index (χ1v) is 15.3. The molecule has 218 valence electrons. The lowest BCUT2D eigenvalue weighted by atomic mass is 9.80. The predicted molar refractivity (Wildman–Crippen MR) is 155 cm³/mol. The van der Waals surface area contributed by atoms with Crippen molar-refractivity contribution in [2.24, 2.45) is 0 Å². The second kappa shape index (κ2) is 10.9. The van der Waals surface area contributed by atoms with Crippen LogP contribution in [-0.4, -0.2) is 75.4 Å². The number of imide groups is 1. The number of ether oxygens (including phenoxy) is 2. The number of likely N-dealkylation sites (N-methyl/N-ethyl adjacent to an activating group) is 1. The fourth-order valence-electron chi connectivity index (χ4n) is 5.42. The van der Waals surface area contributed by atoms with Gasteiger partial charge in [0.05, 0.1) is 31.5 Å². The van der Waals surface area contributed by atoms with Crippen LogP contribution in [0, 0.1) is 11.3 Å². The molecule has 0 radical (unpaired) electrons. The molecule has 0 saturated carbocycles. The van der Waals surface area contributed by atoms with Crippen LogP contribution in [0.15, 0.2) is 52.1 Å². The average molecular weight is 650 g/mol. The maximum atomic E-state index is 14.4. The van der Waals surface area contributed by atoms with E-state index in [1.807, 2.05) is 6.07 Å². The second-order valence-corrected chi connectivity index (χ2v) is 13.5. The standard InChI is InChI=1S/C27H22Cl2N4O7S2/c1-31-26(36)33(19-9-17(28)8-18(29)10-19)25(35)27(31)14-32(12-21(27)16-6-4-15(11-30)5-7-16)42(37,38)24-22(39-2)20(13-41-24)23(34)40-3/h4-10,13,21H,12,14H2,1-3H3. The summed E-state index contributed by atoms with van der Waals surface area (Å²) in [6.07, 6.45) is 0. The average Bonchev–Trinajstić information content (AvgIpc) is 3.64. The molecule has 15 heteroatoms. The number of hydrogen-bond acceptors (Lipinski definition) is 9. The highest BCUT2D eigenvalue weighted by molar-refractivity contribution is 7.91. The monoisotopic (exact) mass is 648 g/mol. The van der Waals surface area contributed by atoms with Gasteiger partial charge in [-0.2, -0.15) is 9.57 Å². The van der Waals surface area contributed by atoms with E-state index in [1.54, 1.807) is 24.3 Å². The summed E-state index contributed by atoms with van der Waals surface area (Å²) in [4.78, 5) is 42.5. The lowest BCUT2D eigenvalue weighted by molar-refractivity contribution is -0.124. The number of benzene rings is 2. The Morgan fingerprint density at radius 1 is 1.12 bits per heavy atom. The van der Waals surface area contributed by atoms with Gasteiger partial charge in [-0.05, 0) is 35.9 Å². The van der Waals surface area contributed by atoms with E-state index in [1.165, 1.54) is 42.6 Å². The maximum Gasteiger partial charge on any atom is 0.342 e. The fraction of sp³-hybridized carbons (Fsp3) is 0.259. The summed E-state index contributed by atoms with van der Waals surface area (Å²) >= 11 is 13.1. The number of nitrogens with zero attached hydrogens (tertiary/aromatic N) is 4. The number of carbonyl (C=O) groups is 3. The SMILES string of the molecule is COC(=O)c1csc(S(=O)(=O)N2CC(c3ccc(C#N)cc3)C3(C2)C(=O)N(c2cc(Cl)cc(Cl)c2)C(=O)N3C)c1OC. The molecule has 2 atom stereocenters. The molecular formula is C27H22Cl2N4O7S2. The molecular weight excluding hydrogens is 627 g/mol. The molecule has 5 rings (SSSR count). The van der Waals surface area contributed by atoms with Crippen molar-refractivity contribution in [1.29, 1.82) is 5.26 Å². The van der Waals surface area contributed by atoms with Gasteiger partial charge in [-0.15, -0.1) is 11.3 Å². The lowest BCUT2D eigenvalue weighted by Gasteiger charge is -2.33. The van der Waals surface area contributed by atoms with Gasteiger partial charge in [0.15, 0.2) is 9.96 Å². The Balaban J connectivity index is 1.65. The van der Waals surface area contributed by atoms with Crippen molar-refractivity contribution in [1.82, 2.24) is 9.21 Å². The van der Waals surface area contributed by atoms with E-state index in [2.05, 4.69) is 0 Å². The van der Waals surface area contributed by atoms with Crippen molar-refractivity contribution >= 4 is 68.2 Å². The van der Waals surface area contributed by atoms with E-state index in [0.29, 0.717) is 11.1 Å². The third-order valence-electron chi connectivity index (χ3n) is 7.48. The first-order valence-electron chi connectivity index (χ1n) is 12.2. The van der Waals surface area contributed by atoms with Crippen LogP contribution in [0.4, 0.5) is 10.5 Å². The Morgan fingerprint density at radius 2 is 1.76 bits per heavy atom. The van der Waals surface area contributed by atoms with Gasteiger partial charge in [-0.25, -0.2) is 22.9 Å². The maximum absolute atomic E-state index is 14.4. The largest absolute Gasteiger partial charge is 0.494 e. The molecule has 1 spiro atoms. The molecule has 1 aromatic heterocycles. The smallest absolute Gasteiger partial charge is 0.342 e. The Hall–Kier alpha value is -3.67. The third-order valence-corrected chi connectivity index (χ3v) is 11.2. The molecule has 3 aromatic rings. The number of urea groups is 1. The number of carbonyl (C=O) groups excluding carboxylic acids is 3. The number of nitriles is 1. The van der Waals surface area contributed by atoms with Crippen molar-refractivity contribution < 1.29 is 32.3 Å². The van der Waals surface area contributed by atoms with E-state index < -0.39 is 45.9 Å². The van der Waals surface area contributed by atoms with Gasteiger partial charge in [-0.3, -0.25) is 4.79 Å². The highest BCUT2D eigenvalue weighted by atomic mass is 35.5. The highest BCUT2D eigenvalue weighted by Gasteiger charge is 2.66. The van der Waals surface area contributed by atoms with Gasteiger partial charge in [0.1, 0.15) is 11.1 Å². The van der Waals surface area contributed by atoms with Crippen molar-refractivity contribution in [2.45, 2.75) is 15.7 Å². The molecule has 42 heavy (non-hydrogen) atoms. The lowest BCUT2D eigenvalue weighted by Crippen LogP contribution is -2.53. The number of methoxy groups -OCH3 is 2. The number of amides is 3. The van der Waals surface area contributed by atoms with Gasteiger partial charge in [0, 0.05) is 41.5 Å². The Morgan fingerprint density at radius 3 is 2.33 bits per heavy atom. The van der Waals surface area contributed by atoms with Gasteiger partial charge in [0.2, 0.25) is 0 Å². The fourth-order valence-corrected chi connectivity index (χ4v) is 8.98. The summed E-state index contributed by atoms with van der Waals surface area (Å²) in [5.74, 6) is -2.47. The molecule has 11 nitrogen and oxygen atoms in total. The van der Waals surface area contributed by atoms with Crippen LogP contribution >= 0.6 is 34.5 Å². The molecule has 0 aliphatic carbocycles. The first kappa shape index (κ1) is 29.8. The summed E-state index contributed by atoms with van der Waals surface area (Å²) in [6, 6.07) is 12.0. The van der Waals surface area contributed by atoms with Crippen LogP contribution < -0.4 is 9.64 Å². The quantitative estimate of drug-likeness (QED) is 0.284. The van der Waals surface area contributed by atoms with Crippen LogP contribution in [0.25, 0.3) is 0 Å². The Kier molecular flexibility index (Phi) is 7.71. The highest BCUT2D eigenvalue weighted by Crippen LogP contribution is 2.49. The molecule has 3 amide bonds. The molecule has 2 fully saturated rings. The predicted octanol–water partition coefficient (Wildman–Crippen LogP) is 4.35. The van der Waals surface area contributed by atoms with Crippen LogP contribution in [0.5, 0.6) is 5.75 Å². The van der Waals surface area contributed by atoms with Gasteiger partial charge >= 0.3 is 12.0 Å². The molecule has 2 unspecified atom stereocenters. The molecule has 2 aliphatic rings. The van der Waals surface area contributed by atoms with Crippen LogP contribution in [0.1, 0.15) is 27.4 Å². The van der Waals surface area contributed by atoms with E-state index >= 15 is 0 Å². The van der Waals surface area contributed by atoms with Crippen LogP contribution in [-0.2, 0) is 19.6 Å². The molecule has 2 saturated heterocycles.